The van der Waals surface area contributed by atoms with Crippen molar-refractivity contribution < 1.29 is 14.7 Å². The monoisotopic (exact) mass is 418 g/mol. The van der Waals surface area contributed by atoms with Crippen LogP contribution in [-0.2, 0) is 9.59 Å². The van der Waals surface area contributed by atoms with E-state index in [9.17, 15) is 14.7 Å². The number of ketones is 1. The first-order valence-corrected chi connectivity index (χ1v) is 10.3. The number of amides is 1. The van der Waals surface area contributed by atoms with E-state index in [0.717, 1.165) is 12.1 Å². The van der Waals surface area contributed by atoms with Crippen molar-refractivity contribution in [2.45, 2.75) is 12.8 Å². The minimum absolute atomic E-state index is 0.0174. The number of nitrogens with zero attached hydrogens (tertiary/aromatic N) is 4. The van der Waals surface area contributed by atoms with Crippen LogP contribution in [0.3, 0.4) is 0 Å². The molecule has 1 aliphatic carbocycles. The highest BCUT2D eigenvalue weighted by Crippen LogP contribution is 2.33. The van der Waals surface area contributed by atoms with E-state index < -0.39 is 0 Å². The van der Waals surface area contributed by atoms with Crippen LogP contribution in [0.5, 0.6) is 5.75 Å². The summed E-state index contributed by atoms with van der Waals surface area (Å²) in [6, 6.07) is 3.42. The van der Waals surface area contributed by atoms with Gasteiger partial charge in [-0.15, -0.1) is 0 Å². The molecule has 0 bridgehead atoms. The van der Waals surface area contributed by atoms with Gasteiger partial charge in [-0.1, -0.05) is 6.08 Å². The first-order chi connectivity index (χ1) is 14.8. The summed E-state index contributed by atoms with van der Waals surface area (Å²) in [5.74, 6) is -0.349. The third kappa shape index (κ3) is 3.94. The normalized spacial score (nSPS) is 17.4. The van der Waals surface area contributed by atoms with E-state index in [1.165, 1.54) is 0 Å². The molecule has 0 atom stereocenters. The van der Waals surface area contributed by atoms with Gasteiger partial charge in [0.15, 0.2) is 5.78 Å². The Labute approximate surface area is 181 Å². The fraction of sp³-hybridized carbons (Fsp3) is 0.333. The first-order valence-electron chi connectivity index (χ1n) is 10.3. The topological polar surface area (TPSA) is 85.6 Å². The molecule has 1 amide bonds. The Morgan fingerprint density at radius 3 is 2.29 bits per heavy atom. The molecule has 0 spiro atoms. The highest BCUT2D eigenvalue weighted by atomic mass is 16.3. The van der Waals surface area contributed by atoms with E-state index >= 15 is 0 Å². The van der Waals surface area contributed by atoms with Crippen LogP contribution >= 0.6 is 0 Å². The Hall–Kier alpha value is -3.16. The van der Waals surface area contributed by atoms with E-state index in [4.69, 9.17) is 4.99 Å². The lowest BCUT2D eigenvalue weighted by atomic mass is 9.92. The second kappa shape index (κ2) is 8.17. The maximum Gasteiger partial charge on any atom is 0.274 e. The second-order valence-electron chi connectivity index (χ2n) is 8.48. The Kier molecular flexibility index (Phi) is 5.56. The predicted molar refractivity (Wildman–Crippen MR) is 119 cm³/mol. The molecule has 1 aromatic rings. The number of phenolic OH excluding ortho intramolecular Hbond substituents is 1. The Morgan fingerprint density at radius 2 is 1.61 bits per heavy atom. The molecule has 0 unspecified atom stereocenters. The molecule has 4 rings (SSSR count). The van der Waals surface area contributed by atoms with Crippen LogP contribution in [0.4, 0.5) is 0 Å². The van der Waals surface area contributed by atoms with Crippen molar-refractivity contribution in [2.75, 3.05) is 41.3 Å². The number of hydrogen-bond acceptors (Lipinski definition) is 6. The largest absolute Gasteiger partial charge is 0.507 e. The van der Waals surface area contributed by atoms with Crippen LogP contribution in [0.2, 0.25) is 0 Å². The van der Waals surface area contributed by atoms with E-state index in [-0.39, 0.29) is 17.4 Å². The molecule has 160 valence electrons. The van der Waals surface area contributed by atoms with E-state index in [2.05, 4.69) is 9.89 Å². The van der Waals surface area contributed by atoms with Crippen molar-refractivity contribution in [1.29, 1.82) is 0 Å². The number of rotatable bonds is 7. The average molecular weight is 418 g/mol. The van der Waals surface area contributed by atoms with Gasteiger partial charge in [-0.25, -0.2) is 9.98 Å². The lowest BCUT2D eigenvalue weighted by molar-refractivity contribution is -0.113. The van der Waals surface area contributed by atoms with Crippen molar-refractivity contribution in [3.63, 3.8) is 0 Å². The molecule has 1 N–H and O–H groups in total. The smallest absolute Gasteiger partial charge is 0.274 e. The number of phenols is 1. The summed E-state index contributed by atoms with van der Waals surface area (Å²) in [7, 11) is 7.83. The van der Waals surface area contributed by atoms with Crippen LogP contribution in [0.25, 0.3) is 5.57 Å². The summed E-state index contributed by atoms with van der Waals surface area (Å²) in [6.45, 7) is 1.44. The zero-order chi connectivity index (χ0) is 22.3. The molecule has 0 aromatic heterocycles. The standard InChI is InChI=1S/C24H26N4O3/c1-27(2)10-8-15-21-17(6-5-7-19(21)29)25-23(15)14-12-18-22(20(30)13-14)16(24(31)26-18)9-11-28(3)4/h5-7,12-13,30H,8-11H2,1-4H3. The van der Waals surface area contributed by atoms with Gasteiger partial charge >= 0.3 is 0 Å². The van der Waals surface area contributed by atoms with Gasteiger partial charge in [-0.05, 0) is 70.9 Å². The molecule has 1 aromatic carbocycles. The fourth-order valence-electron chi connectivity index (χ4n) is 4.04. The van der Waals surface area contributed by atoms with Gasteiger partial charge in [0.05, 0.1) is 27.6 Å². The summed E-state index contributed by atoms with van der Waals surface area (Å²) in [4.78, 5) is 38.0. The molecule has 0 fully saturated rings. The summed E-state index contributed by atoms with van der Waals surface area (Å²) in [5, 5.41) is 11.8. The van der Waals surface area contributed by atoms with Crippen LogP contribution in [-0.4, -0.2) is 73.6 Å². The minimum Gasteiger partial charge on any atom is -0.507 e. The van der Waals surface area contributed by atoms with Crippen molar-refractivity contribution in [3.8, 4) is 5.75 Å². The summed E-state index contributed by atoms with van der Waals surface area (Å²) in [6.07, 6.45) is 6.24. The Bertz CT molecular complexity index is 1230. The van der Waals surface area contributed by atoms with Crippen molar-refractivity contribution in [3.05, 3.63) is 63.3 Å². The van der Waals surface area contributed by atoms with Crippen LogP contribution in [0.1, 0.15) is 18.4 Å². The van der Waals surface area contributed by atoms with E-state index in [1.807, 2.05) is 39.2 Å². The van der Waals surface area contributed by atoms with Crippen molar-refractivity contribution >= 4 is 23.0 Å². The summed E-state index contributed by atoms with van der Waals surface area (Å²) < 4.78 is 0. The summed E-state index contributed by atoms with van der Waals surface area (Å²) >= 11 is 0. The molecule has 2 aliphatic heterocycles. The van der Waals surface area contributed by atoms with Gasteiger partial charge in [0.1, 0.15) is 5.75 Å². The molecule has 3 aliphatic rings. The SMILES string of the molecule is CN(C)CCC1=C2C(=O)C=CC=C2N=C1c1cc(O)c2c(c1)=NC(=O)C=2CCN(C)C. The zero-order valence-electron chi connectivity index (χ0n) is 18.3. The molecule has 0 saturated carbocycles. The molecular weight excluding hydrogens is 392 g/mol. The maximum atomic E-state index is 12.6. The van der Waals surface area contributed by atoms with Crippen molar-refractivity contribution in [1.82, 2.24) is 9.80 Å². The third-order valence-corrected chi connectivity index (χ3v) is 5.59. The maximum absolute atomic E-state index is 12.6. The number of allylic oxidation sites excluding steroid dienone is 4. The molecule has 31 heavy (non-hydrogen) atoms. The van der Waals surface area contributed by atoms with E-state index in [0.29, 0.717) is 58.1 Å². The van der Waals surface area contributed by atoms with E-state index in [1.54, 1.807) is 24.3 Å². The van der Waals surface area contributed by atoms with Crippen molar-refractivity contribution in [2.24, 2.45) is 9.98 Å². The molecule has 7 heteroatoms. The van der Waals surface area contributed by atoms with Gasteiger partial charge in [0.2, 0.25) is 0 Å². The molecule has 7 nitrogen and oxygen atoms in total. The zero-order valence-corrected chi connectivity index (χ0v) is 18.3. The molecule has 0 saturated heterocycles. The fourth-order valence-corrected chi connectivity index (χ4v) is 4.04. The van der Waals surface area contributed by atoms with Gasteiger partial charge in [-0.3, -0.25) is 9.59 Å². The highest BCUT2D eigenvalue weighted by Gasteiger charge is 2.30. The number of benzene rings is 1. The van der Waals surface area contributed by atoms with Gasteiger partial charge in [0.25, 0.3) is 5.91 Å². The number of carbonyl (C=O) groups is 2. The Morgan fingerprint density at radius 1 is 0.935 bits per heavy atom. The minimum atomic E-state index is -0.306. The third-order valence-electron chi connectivity index (χ3n) is 5.59. The predicted octanol–water partition coefficient (Wildman–Crippen LogP) is 0.728. The van der Waals surface area contributed by atoms with Gasteiger partial charge in [-0.2, -0.15) is 0 Å². The van der Waals surface area contributed by atoms with Crippen LogP contribution in [0, 0.1) is 0 Å². The molecule has 0 radical (unpaired) electrons. The van der Waals surface area contributed by atoms with Gasteiger partial charge in [0, 0.05) is 24.2 Å². The number of fused-ring (bicyclic) bond motifs is 2. The average Bonchev–Trinajstić information content (AvgIpc) is 3.22. The lowest BCUT2D eigenvalue weighted by Gasteiger charge is -2.14. The molecule has 2 heterocycles. The second-order valence-corrected chi connectivity index (χ2v) is 8.48. The lowest BCUT2D eigenvalue weighted by Crippen LogP contribution is -2.27. The highest BCUT2D eigenvalue weighted by molar-refractivity contribution is 6.24. The van der Waals surface area contributed by atoms with Crippen LogP contribution < -0.4 is 10.6 Å². The Balaban J connectivity index is 1.82. The summed E-state index contributed by atoms with van der Waals surface area (Å²) in [5.41, 5.74) is 3.96. The number of aromatic hydroxyl groups is 1. The number of carbonyl (C=O) groups excluding carboxylic acids is 2. The quantitative estimate of drug-likeness (QED) is 0.706. The molecular formula is C24H26N4O3. The number of aliphatic imine (C=N–C) groups is 1. The van der Waals surface area contributed by atoms with Crippen LogP contribution in [0.15, 0.2) is 57.2 Å². The number of hydrogen-bond donors (Lipinski definition) is 1. The first kappa shape index (κ1) is 21.1. The van der Waals surface area contributed by atoms with Gasteiger partial charge < -0.3 is 14.9 Å².